The van der Waals surface area contributed by atoms with Gasteiger partial charge in [-0.05, 0) is 26.6 Å². The molecule has 0 aromatic carbocycles. The minimum absolute atomic E-state index is 0. The van der Waals surface area contributed by atoms with Crippen LogP contribution in [0.3, 0.4) is 0 Å². The van der Waals surface area contributed by atoms with E-state index in [2.05, 4.69) is 28.5 Å². The molecule has 0 amide bonds. The summed E-state index contributed by atoms with van der Waals surface area (Å²) in [7, 11) is -1.61. The van der Waals surface area contributed by atoms with Crippen molar-refractivity contribution in [3.05, 3.63) is 56.0 Å². The average Bonchev–Trinajstić information content (AvgIpc) is 3.09. The fourth-order valence-electron chi connectivity index (χ4n) is 0.680. The molecule has 2 aliphatic carbocycles. The van der Waals surface area contributed by atoms with Gasteiger partial charge in [0.1, 0.15) is 0 Å². The van der Waals surface area contributed by atoms with Crippen LogP contribution in [-0.4, -0.2) is 29.0 Å². The maximum absolute atomic E-state index is 8.66. The topological polar surface area (TPSA) is 40.5 Å². The first-order chi connectivity index (χ1) is 9.41. The number of aliphatic hydroxyl groups is 1. The van der Waals surface area contributed by atoms with Crippen LogP contribution in [0.2, 0.25) is 19.6 Å². The average molecular weight is 460 g/mol. The number of halogens is 2. The number of rotatable bonds is 0. The Labute approximate surface area is 172 Å². The Morgan fingerprint density at radius 1 is 1.00 bits per heavy atom. The standard InChI is InChI=1S/2C5H5.C3H10OSi.C2H6O.CH3.CH2.2ClH.Zr/c2*1-2-4-5-3-1;1-5(2,3)4;1-2-3;;;;;/h2*1-3H,4H2;4H,1-3H3;3H,2H2,1H3;1H3;1H2;2*1H;/q2*-1;;;-1;;;;. The van der Waals surface area contributed by atoms with Crippen LogP contribution in [0.15, 0.2) is 36.5 Å². The van der Waals surface area contributed by atoms with Crippen molar-refractivity contribution >= 4 is 37.3 Å². The van der Waals surface area contributed by atoms with E-state index in [4.69, 9.17) is 9.90 Å². The smallest absolute Gasteiger partial charge is 0.358 e. The molecule has 0 atom stereocenters. The van der Waals surface area contributed by atoms with E-state index in [0.717, 1.165) is 12.8 Å². The van der Waals surface area contributed by atoms with Gasteiger partial charge in [-0.1, -0.05) is 0 Å². The molecule has 0 heterocycles. The number of hydrogen-bond donors (Lipinski definition) is 2. The molecule has 0 saturated heterocycles. The van der Waals surface area contributed by atoms with E-state index in [1.807, 2.05) is 43.9 Å². The van der Waals surface area contributed by atoms with Crippen LogP contribution in [0.4, 0.5) is 0 Å². The molecule has 0 aromatic rings. The number of aliphatic hydroxyl groups excluding tert-OH is 1. The fourth-order valence-corrected chi connectivity index (χ4v) is 0.680. The first-order valence-corrected chi connectivity index (χ1v) is 11.7. The van der Waals surface area contributed by atoms with E-state index in [9.17, 15) is 0 Å². The fraction of sp³-hybridized carbons (Fsp3) is 0.412. The van der Waals surface area contributed by atoms with Crippen LogP contribution in [0.25, 0.3) is 0 Å². The van der Waals surface area contributed by atoms with Gasteiger partial charge in [-0.25, -0.2) is 24.3 Å². The third-order valence-electron chi connectivity index (χ3n) is 1.17. The van der Waals surface area contributed by atoms with Gasteiger partial charge in [0.2, 0.25) is 0 Å². The van der Waals surface area contributed by atoms with Crippen LogP contribution in [0.1, 0.15) is 19.8 Å². The van der Waals surface area contributed by atoms with E-state index in [-0.39, 0.29) is 38.8 Å². The molecule has 0 fully saturated rings. The molecule has 0 radical (unpaired) electrons. The van der Waals surface area contributed by atoms with Gasteiger partial charge in [0.05, 0.1) is 0 Å². The molecule has 2 nitrogen and oxygen atoms in total. The quantitative estimate of drug-likeness (QED) is 0.408. The molecule has 0 unspecified atom stereocenters. The second-order valence-corrected chi connectivity index (χ2v) is 8.83. The second-order valence-electron chi connectivity index (χ2n) is 4.49. The van der Waals surface area contributed by atoms with Gasteiger partial charge in [0.15, 0.2) is 8.32 Å². The first-order valence-electron chi connectivity index (χ1n) is 6.53. The third kappa shape index (κ3) is 86.1. The largest absolute Gasteiger partial charge is 0.358 e. The molecule has 138 valence electrons. The van der Waals surface area contributed by atoms with Gasteiger partial charge >= 0.3 is 28.4 Å². The van der Waals surface area contributed by atoms with Gasteiger partial charge in [-0.3, -0.25) is 12.2 Å². The van der Waals surface area contributed by atoms with E-state index >= 15 is 0 Å². The van der Waals surface area contributed by atoms with Gasteiger partial charge in [0.25, 0.3) is 0 Å². The molecule has 0 aromatic heterocycles. The zero-order valence-corrected chi connectivity index (χ0v) is 20.1. The molecule has 2 rings (SSSR count). The predicted octanol–water partition coefficient (Wildman–Crippen LogP) is 4.68. The summed E-state index contributed by atoms with van der Waals surface area (Å²) in [6.07, 6.45) is 20.0. The summed E-state index contributed by atoms with van der Waals surface area (Å²) in [6, 6.07) is 0. The summed E-state index contributed by atoms with van der Waals surface area (Å²) < 4.78 is 3.34. The maximum atomic E-state index is 8.66. The predicted molar refractivity (Wildman–Crippen MR) is 109 cm³/mol. The van der Waals surface area contributed by atoms with Crippen LogP contribution in [0, 0.1) is 19.6 Å². The summed E-state index contributed by atoms with van der Waals surface area (Å²) in [5.74, 6) is 0. The van der Waals surface area contributed by atoms with Crippen molar-refractivity contribution in [3.63, 3.8) is 0 Å². The normalized spacial score (nSPS) is 11.2. The molecule has 6 heteroatoms. The van der Waals surface area contributed by atoms with Gasteiger partial charge in [-0.15, -0.1) is 37.7 Å². The zero-order valence-electron chi connectivity index (χ0n) is 15.0. The van der Waals surface area contributed by atoms with E-state index in [1.54, 1.807) is 6.92 Å². The Balaban J connectivity index is -0.0000000393. The van der Waals surface area contributed by atoms with E-state index in [1.165, 1.54) is 24.2 Å². The zero-order chi connectivity index (χ0) is 16.3. The minimum atomic E-state index is -1.61. The Bertz CT molecular complexity index is 251. The molecular formula is C17H33Cl2O2SiZr-3. The SMILES string of the molecule is CCO.C[Si](C)(C)O.Cl.Cl.[C-]1=CC=CC1.[C-]1=CC=CC1.[CH2]=[Zr].[CH3-]. The van der Waals surface area contributed by atoms with Gasteiger partial charge in [-0.2, -0.15) is 12.2 Å². The Hall–Kier alpha value is 0.430. The van der Waals surface area contributed by atoms with E-state index in [0.29, 0.717) is 0 Å². The van der Waals surface area contributed by atoms with E-state index < -0.39 is 8.32 Å². The summed E-state index contributed by atoms with van der Waals surface area (Å²) in [4.78, 5) is 8.66. The Kier molecular flexibility index (Phi) is 57.2. The molecule has 23 heavy (non-hydrogen) atoms. The maximum Gasteiger partial charge on any atom is -0.358 e. The van der Waals surface area contributed by atoms with Crippen LogP contribution in [-0.2, 0) is 24.2 Å². The monoisotopic (exact) mass is 457 g/mol. The number of hydrogen-bond acceptors (Lipinski definition) is 2. The Morgan fingerprint density at radius 2 is 1.22 bits per heavy atom. The summed E-state index contributed by atoms with van der Waals surface area (Å²) in [6.45, 7) is 7.58. The van der Waals surface area contributed by atoms with Crippen molar-refractivity contribution in [2.24, 2.45) is 0 Å². The molecule has 0 saturated carbocycles. The molecule has 2 aliphatic rings. The summed E-state index contributed by atoms with van der Waals surface area (Å²) >= 11 is 1.30. The minimum Gasteiger partial charge on any atom is -0.358 e. The van der Waals surface area contributed by atoms with Crippen LogP contribution >= 0.6 is 24.8 Å². The summed E-state index contributed by atoms with van der Waals surface area (Å²) in [5, 5.41) is 7.57. The van der Waals surface area contributed by atoms with Crippen molar-refractivity contribution < 1.29 is 34.1 Å². The van der Waals surface area contributed by atoms with Crippen molar-refractivity contribution in [1.29, 1.82) is 0 Å². The molecule has 0 aliphatic heterocycles. The van der Waals surface area contributed by atoms with Crippen molar-refractivity contribution in [3.8, 4) is 0 Å². The van der Waals surface area contributed by atoms with Crippen molar-refractivity contribution in [2.45, 2.75) is 39.4 Å². The van der Waals surface area contributed by atoms with Gasteiger partial charge < -0.3 is 17.3 Å². The van der Waals surface area contributed by atoms with Crippen LogP contribution in [0.5, 0.6) is 0 Å². The first kappa shape index (κ1) is 38.8. The number of allylic oxidation sites excluding steroid dienone is 8. The molecule has 2 N–H and O–H groups in total. The molecular weight excluding hydrogens is 426 g/mol. The molecule has 0 spiro atoms. The Morgan fingerprint density at radius 3 is 1.26 bits per heavy atom. The second kappa shape index (κ2) is 33.9. The third-order valence-corrected chi connectivity index (χ3v) is 1.17. The molecule has 0 bridgehead atoms. The summed E-state index contributed by atoms with van der Waals surface area (Å²) in [5.41, 5.74) is 0. The van der Waals surface area contributed by atoms with Crippen molar-refractivity contribution in [2.75, 3.05) is 6.61 Å². The van der Waals surface area contributed by atoms with Crippen LogP contribution < -0.4 is 0 Å². The van der Waals surface area contributed by atoms with Gasteiger partial charge in [0, 0.05) is 6.61 Å². The van der Waals surface area contributed by atoms with Crippen molar-refractivity contribution in [1.82, 2.24) is 0 Å².